The number of nitrogens with zero attached hydrogens (tertiary/aromatic N) is 2. The first-order valence-corrected chi connectivity index (χ1v) is 8.40. The molecule has 1 aromatic heterocycles. The molecule has 3 aromatic rings. The Labute approximate surface area is 133 Å². The molecule has 0 saturated heterocycles. The van der Waals surface area contributed by atoms with Crippen molar-refractivity contribution in [1.82, 2.24) is 9.55 Å². The van der Waals surface area contributed by atoms with E-state index in [1.807, 2.05) is 11.6 Å². The molecule has 0 amide bonds. The topological polar surface area (TPSA) is 81.1 Å². The van der Waals surface area contributed by atoms with Gasteiger partial charge in [0.05, 0.1) is 27.9 Å². The summed E-state index contributed by atoms with van der Waals surface area (Å²) in [5, 5.41) is 0. The molecule has 0 aliphatic heterocycles. The average molecular weight is 329 g/mol. The number of sulfonamides is 1. The van der Waals surface area contributed by atoms with Gasteiger partial charge in [0.25, 0.3) is 10.0 Å². The molecule has 118 valence electrons. The monoisotopic (exact) mass is 329 g/mol. The molecule has 0 radical (unpaired) electrons. The largest absolute Gasteiger partial charge is 0.334 e. The summed E-state index contributed by atoms with van der Waals surface area (Å²) in [6, 6.07) is 11.1. The van der Waals surface area contributed by atoms with Gasteiger partial charge < -0.3 is 4.57 Å². The normalized spacial score (nSPS) is 11.6. The highest BCUT2D eigenvalue weighted by molar-refractivity contribution is 7.92. The Bertz CT molecular complexity index is 1010. The van der Waals surface area contributed by atoms with Gasteiger partial charge in [-0.05, 0) is 37.3 Å². The van der Waals surface area contributed by atoms with Gasteiger partial charge in [-0.3, -0.25) is 9.52 Å². The third kappa shape index (κ3) is 2.95. The predicted octanol–water partition coefficient (Wildman–Crippen LogP) is 2.58. The minimum absolute atomic E-state index is 0.0475. The number of rotatable bonds is 4. The molecule has 1 N–H and O–H groups in total. The zero-order chi connectivity index (χ0) is 16.6. The molecule has 0 unspecified atom stereocenters. The van der Waals surface area contributed by atoms with E-state index in [4.69, 9.17) is 0 Å². The van der Waals surface area contributed by atoms with Gasteiger partial charge in [0.2, 0.25) is 0 Å². The number of anilines is 1. The third-order valence-electron chi connectivity index (χ3n) is 3.53. The fraction of sp³-hybridized carbons (Fsp3) is 0.125. The number of fused-ring (bicyclic) bond motifs is 1. The van der Waals surface area contributed by atoms with Crippen LogP contribution in [-0.2, 0) is 17.1 Å². The van der Waals surface area contributed by atoms with Crippen LogP contribution in [0.1, 0.15) is 17.3 Å². The maximum absolute atomic E-state index is 12.5. The van der Waals surface area contributed by atoms with Crippen LogP contribution in [-0.4, -0.2) is 23.8 Å². The molecule has 7 heteroatoms. The molecule has 0 fully saturated rings. The van der Waals surface area contributed by atoms with Crippen molar-refractivity contribution in [2.45, 2.75) is 11.8 Å². The Morgan fingerprint density at radius 1 is 1.17 bits per heavy atom. The Morgan fingerprint density at radius 3 is 2.70 bits per heavy atom. The van der Waals surface area contributed by atoms with E-state index in [0.717, 1.165) is 5.52 Å². The zero-order valence-electron chi connectivity index (χ0n) is 12.6. The number of carbonyl (C=O) groups is 1. The molecule has 1 heterocycles. The average Bonchev–Trinajstić information content (AvgIpc) is 2.88. The first-order valence-electron chi connectivity index (χ1n) is 6.92. The molecule has 2 aromatic carbocycles. The van der Waals surface area contributed by atoms with E-state index < -0.39 is 10.0 Å². The third-order valence-corrected chi connectivity index (χ3v) is 4.91. The molecule has 0 bridgehead atoms. The van der Waals surface area contributed by atoms with Gasteiger partial charge >= 0.3 is 0 Å². The van der Waals surface area contributed by atoms with Crippen molar-refractivity contribution in [3.8, 4) is 0 Å². The van der Waals surface area contributed by atoms with E-state index in [2.05, 4.69) is 9.71 Å². The maximum atomic E-state index is 12.5. The number of carbonyl (C=O) groups excluding carboxylic acids is 1. The minimum atomic E-state index is -3.77. The molecule has 6 nitrogen and oxygen atoms in total. The SMILES string of the molecule is CC(=O)c1cccc(S(=O)(=O)Nc2ccc3c(c2)ncn3C)c1. The number of aromatic nitrogens is 2. The van der Waals surface area contributed by atoms with Crippen molar-refractivity contribution in [2.75, 3.05) is 4.72 Å². The smallest absolute Gasteiger partial charge is 0.261 e. The number of aryl methyl sites for hydroxylation is 1. The second-order valence-corrected chi connectivity index (χ2v) is 6.93. The van der Waals surface area contributed by atoms with Crippen LogP contribution < -0.4 is 4.72 Å². The van der Waals surface area contributed by atoms with Crippen LogP contribution in [0.4, 0.5) is 5.69 Å². The summed E-state index contributed by atoms with van der Waals surface area (Å²) in [5.74, 6) is -0.183. The van der Waals surface area contributed by atoms with Gasteiger partial charge in [0, 0.05) is 12.6 Å². The van der Waals surface area contributed by atoms with Crippen molar-refractivity contribution in [2.24, 2.45) is 7.05 Å². The van der Waals surface area contributed by atoms with Gasteiger partial charge in [-0.25, -0.2) is 13.4 Å². The molecule has 0 aliphatic rings. The zero-order valence-corrected chi connectivity index (χ0v) is 13.5. The van der Waals surface area contributed by atoms with Gasteiger partial charge in [0.15, 0.2) is 5.78 Å². The standard InChI is InChI=1S/C16H15N3O3S/c1-11(20)12-4-3-5-14(8-12)23(21,22)18-13-6-7-16-15(9-13)17-10-19(16)2/h3-10,18H,1-2H3. The molecule has 0 atom stereocenters. The highest BCUT2D eigenvalue weighted by Gasteiger charge is 2.16. The Balaban J connectivity index is 1.96. The van der Waals surface area contributed by atoms with Crippen LogP contribution in [0.3, 0.4) is 0 Å². The van der Waals surface area contributed by atoms with Gasteiger partial charge in [-0.1, -0.05) is 12.1 Å². The van der Waals surface area contributed by atoms with E-state index in [0.29, 0.717) is 16.8 Å². The number of hydrogen-bond acceptors (Lipinski definition) is 4. The van der Waals surface area contributed by atoms with Crippen LogP contribution in [0, 0.1) is 0 Å². The fourth-order valence-electron chi connectivity index (χ4n) is 2.30. The predicted molar refractivity (Wildman–Crippen MR) is 88.0 cm³/mol. The molecule has 0 saturated carbocycles. The summed E-state index contributed by atoms with van der Waals surface area (Å²) in [7, 11) is -1.90. The minimum Gasteiger partial charge on any atom is -0.334 e. The van der Waals surface area contributed by atoms with Crippen molar-refractivity contribution >= 4 is 32.5 Å². The Hall–Kier alpha value is -2.67. The van der Waals surface area contributed by atoms with Crippen LogP contribution >= 0.6 is 0 Å². The van der Waals surface area contributed by atoms with E-state index in [-0.39, 0.29) is 10.7 Å². The van der Waals surface area contributed by atoms with Gasteiger partial charge in [0.1, 0.15) is 0 Å². The number of Topliss-reactive ketones (excluding diaryl/α,β-unsaturated/α-hetero) is 1. The number of hydrogen-bond donors (Lipinski definition) is 1. The lowest BCUT2D eigenvalue weighted by molar-refractivity contribution is 0.101. The lowest BCUT2D eigenvalue weighted by Crippen LogP contribution is -2.13. The number of imidazole rings is 1. The van der Waals surface area contributed by atoms with Crippen LogP contribution in [0.2, 0.25) is 0 Å². The highest BCUT2D eigenvalue weighted by atomic mass is 32.2. The van der Waals surface area contributed by atoms with E-state index in [1.54, 1.807) is 36.7 Å². The van der Waals surface area contributed by atoms with Crippen molar-refractivity contribution in [3.05, 3.63) is 54.4 Å². The second-order valence-electron chi connectivity index (χ2n) is 5.25. The molecular weight excluding hydrogens is 314 g/mol. The summed E-state index contributed by atoms with van der Waals surface area (Å²) < 4.78 is 29.3. The van der Waals surface area contributed by atoms with Crippen molar-refractivity contribution in [3.63, 3.8) is 0 Å². The quantitative estimate of drug-likeness (QED) is 0.746. The van der Waals surface area contributed by atoms with Gasteiger partial charge in [-0.15, -0.1) is 0 Å². The summed E-state index contributed by atoms with van der Waals surface area (Å²) in [4.78, 5) is 15.7. The molecule has 3 rings (SSSR count). The second kappa shape index (κ2) is 5.51. The summed E-state index contributed by atoms with van der Waals surface area (Å²) in [5.41, 5.74) is 2.38. The van der Waals surface area contributed by atoms with E-state index >= 15 is 0 Å². The fourth-order valence-corrected chi connectivity index (χ4v) is 3.39. The summed E-state index contributed by atoms with van der Waals surface area (Å²) in [6.07, 6.45) is 1.67. The van der Waals surface area contributed by atoms with Gasteiger partial charge in [-0.2, -0.15) is 0 Å². The molecular formula is C16H15N3O3S. The number of nitrogens with one attached hydrogen (secondary N) is 1. The number of benzene rings is 2. The van der Waals surface area contributed by atoms with Crippen molar-refractivity contribution in [1.29, 1.82) is 0 Å². The van der Waals surface area contributed by atoms with Crippen LogP contribution in [0.5, 0.6) is 0 Å². The first-order chi connectivity index (χ1) is 10.9. The lowest BCUT2D eigenvalue weighted by Gasteiger charge is -2.09. The van der Waals surface area contributed by atoms with Crippen LogP contribution in [0.25, 0.3) is 11.0 Å². The Kier molecular flexibility index (Phi) is 3.65. The van der Waals surface area contributed by atoms with E-state index in [1.165, 1.54) is 19.1 Å². The maximum Gasteiger partial charge on any atom is 0.261 e. The Morgan fingerprint density at radius 2 is 1.96 bits per heavy atom. The van der Waals surface area contributed by atoms with E-state index in [9.17, 15) is 13.2 Å². The molecule has 23 heavy (non-hydrogen) atoms. The highest BCUT2D eigenvalue weighted by Crippen LogP contribution is 2.21. The first kappa shape index (κ1) is 15.2. The summed E-state index contributed by atoms with van der Waals surface area (Å²) in [6.45, 7) is 1.40. The molecule has 0 spiro atoms. The lowest BCUT2D eigenvalue weighted by atomic mass is 10.2. The number of ketones is 1. The van der Waals surface area contributed by atoms with Crippen LogP contribution in [0.15, 0.2) is 53.7 Å². The van der Waals surface area contributed by atoms with Crippen molar-refractivity contribution < 1.29 is 13.2 Å². The summed E-state index contributed by atoms with van der Waals surface area (Å²) >= 11 is 0. The molecule has 0 aliphatic carbocycles.